The van der Waals surface area contributed by atoms with Gasteiger partial charge in [0, 0.05) is 24.0 Å². The van der Waals surface area contributed by atoms with Crippen molar-refractivity contribution in [1.29, 1.82) is 5.26 Å². The normalized spacial score (nSPS) is 10.8. The van der Waals surface area contributed by atoms with Gasteiger partial charge < -0.3 is 11.1 Å². The summed E-state index contributed by atoms with van der Waals surface area (Å²) in [5.41, 5.74) is 9.26. The number of fused-ring (bicyclic) bond motifs is 1. The van der Waals surface area contributed by atoms with Crippen molar-refractivity contribution < 1.29 is 0 Å². The SMILES string of the molecule is Cc1nn2c(N)c(C#N)c(NCCc3cccc(CBr)n3)nc2c1Cl. The number of nitrogens with two attached hydrogens (primary N) is 1. The van der Waals surface area contributed by atoms with Gasteiger partial charge in [0.1, 0.15) is 28.3 Å². The van der Waals surface area contributed by atoms with Crippen LogP contribution in [0.15, 0.2) is 18.2 Å². The average molecular weight is 421 g/mol. The fraction of sp³-hybridized carbons (Fsp3) is 0.250. The molecule has 3 heterocycles. The molecular weight excluding hydrogens is 406 g/mol. The van der Waals surface area contributed by atoms with E-state index in [0.717, 1.165) is 11.4 Å². The van der Waals surface area contributed by atoms with Crippen molar-refractivity contribution in [2.24, 2.45) is 0 Å². The number of hydrogen-bond donors (Lipinski definition) is 2. The quantitative estimate of drug-likeness (QED) is 0.615. The lowest BCUT2D eigenvalue weighted by molar-refractivity contribution is 0.912. The molecule has 0 fully saturated rings. The number of nitrogen functional groups attached to an aromatic ring is 1. The first kappa shape index (κ1) is 17.5. The molecule has 0 aliphatic carbocycles. The zero-order valence-corrected chi connectivity index (χ0v) is 15.8. The molecule has 3 N–H and O–H groups in total. The molecule has 0 saturated heterocycles. The molecule has 0 unspecified atom stereocenters. The van der Waals surface area contributed by atoms with Crippen molar-refractivity contribution >= 4 is 44.8 Å². The summed E-state index contributed by atoms with van der Waals surface area (Å²) in [6.45, 7) is 2.32. The highest BCUT2D eigenvalue weighted by Gasteiger charge is 2.17. The molecule has 0 aliphatic rings. The minimum absolute atomic E-state index is 0.212. The fourth-order valence-electron chi connectivity index (χ4n) is 2.44. The van der Waals surface area contributed by atoms with Crippen molar-refractivity contribution in [3.8, 4) is 6.07 Å². The van der Waals surface area contributed by atoms with Gasteiger partial charge in [0.05, 0.1) is 11.4 Å². The molecule has 0 saturated carbocycles. The van der Waals surface area contributed by atoms with Crippen LogP contribution in [0.2, 0.25) is 5.02 Å². The summed E-state index contributed by atoms with van der Waals surface area (Å²) in [5.74, 6) is 0.607. The van der Waals surface area contributed by atoms with Gasteiger partial charge in [-0.25, -0.2) is 4.98 Å². The average Bonchev–Trinajstić information content (AvgIpc) is 2.91. The molecule has 3 rings (SSSR count). The molecule has 0 amide bonds. The van der Waals surface area contributed by atoms with Crippen LogP contribution in [0.1, 0.15) is 22.6 Å². The number of rotatable bonds is 5. The number of alkyl halides is 1. The van der Waals surface area contributed by atoms with E-state index in [2.05, 4.69) is 42.4 Å². The van der Waals surface area contributed by atoms with E-state index in [1.807, 2.05) is 18.2 Å². The van der Waals surface area contributed by atoms with Gasteiger partial charge in [0.15, 0.2) is 5.65 Å². The molecule has 25 heavy (non-hydrogen) atoms. The van der Waals surface area contributed by atoms with Gasteiger partial charge in [-0.2, -0.15) is 14.9 Å². The third kappa shape index (κ3) is 3.38. The van der Waals surface area contributed by atoms with Crippen molar-refractivity contribution in [3.63, 3.8) is 0 Å². The summed E-state index contributed by atoms with van der Waals surface area (Å²) in [5, 5.41) is 17.9. The number of hydrogen-bond acceptors (Lipinski definition) is 6. The molecule has 7 nitrogen and oxygen atoms in total. The lowest BCUT2D eigenvalue weighted by Gasteiger charge is -2.10. The summed E-state index contributed by atoms with van der Waals surface area (Å²) in [4.78, 5) is 8.94. The van der Waals surface area contributed by atoms with Gasteiger partial charge in [-0.05, 0) is 19.1 Å². The number of nitriles is 1. The Morgan fingerprint density at radius 3 is 2.84 bits per heavy atom. The minimum Gasteiger partial charge on any atom is -0.382 e. The Balaban J connectivity index is 1.85. The van der Waals surface area contributed by atoms with Gasteiger partial charge in [0.25, 0.3) is 0 Å². The topological polar surface area (TPSA) is 105 Å². The second-order valence-corrected chi connectivity index (χ2v) is 6.34. The number of aromatic nitrogens is 4. The molecule has 128 valence electrons. The number of nitrogens with one attached hydrogen (secondary N) is 1. The first-order chi connectivity index (χ1) is 12.0. The van der Waals surface area contributed by atoms with Gasteiger partial charge in [0.2, 0.25) is 0 Å². The molecule has 3 aromatic heterocycles. The maximum absolute atomic E-state index is 9.42. The molecule has 0 aliphatic heterocycles. The molecule has 0 aromatic carbocycles. The smallest absolute Gasteiger partial charge is 0.178 e. The van der Waals surface area contributed by atoms with Crippen LogP contribution in [0.3, 0.4) is 0 Å². The first-order valence-corrected chi connectivity index (χ1v) is 9.04. The van der Waals surface area contributed by atoms with Crippen LogP contribution in [-0.2, 0) is 11.8 Å². The molecule has 0 atom stereocenters. The first-order valence-electron chi connectivity index (χ1n) is 7.54. The molecule has 0 bridgehead atoms. The maximum Gasteiger partial charge on any atom is 0.178 e. The highest BCUT2D eigenvalue weighted by molar-refractivity contribution is 9.08. The van der Waals surface area contributed by atoms with Crippen LogP contribution >= 0.6 is 27.5 Å². The van der Waals surface area contributed by atoms with Crippen LogP contribution in [0, 0.1) is 18.3 Å². The van der Waals surface area contributed by atoms with Gasteiger partial charge in [-0.3, -0.25) is 4.98 Å². The highest BCUT2D eigenvalue weighted by atomic mass is 79.9. The van der Waals surface area contributed by atoms with E-state index in [4.69, 9.17) is 17.3 Å². The summed E-state index contributed by atoms with van der Waals surface area (Å²) < 4.78 is 1.39. The number of anilines is 2. The standard InChI is InChI=1S/C16H15BrClN7/c1-9-13(18)16-23-15(12(8-19)14(20)25(16)24-9)21-6-5-10-3-2-4-11(7-17)22-10/h2-4H,5-7,20H2,1H3,(H,21,23). The Morgan fingerprint density at radius 2 is 2.12 bits per heavy atom. The van der Waals surface area contributed by atoms with E-state index >= 15 is 0 Å². The summed E-state index contributed by atoms with van der Waals surface area (Å²) >= 11 is 9.61. The molecular formula is C16H15BrClN7. The Morgan fingerprint density at radius 1 is 1.36 bits per heavy atom. The lowest BCUT2D eigenvalue weighted by atomic mass is 10.2. The van der Waals surface area contributed by atoms with Crippen molar-refractivity contribution in [2.45, 2.75) is 18.7 Å². The molecule has 9 heteroatoms. The van der Waals surface area contributed by atoms with Crippen LogP contribution in [0.25, 0.3) is 5.65 Å². The predicted octanol–water partition coefficient (Wildman–Crippen LogP) is 3.09. The van der Waals surface area contributed by atoms with E-state index < -0.39 is 0 Å². The van der Waals surface area contributed by atoms with Gasteiger partial charge in [-0.15, -0.1) is 0 Å². The number of halogens is 2. The molecule has 0 radical (unpaired) electrons. The zero-order valence-electron chi connectivity index (χ0n) is 13.4. The largest absolute Gasteiger partial charge is 0.382 e. The Hall–Kier alpha value is -2.37. The van der Waals surface area contributed by atoms with E-state index in [-0.39, 0.29) is 11.4 Å². The number of aryl methyl sites for hydroxylation is 1. The van der Waals surface area contributed by atoms with E-state index in [9.17, 15) is 5.26 Å². The van der Waals surface area contributed by atoms with Crippen LogP contribution in [0.5, 0.6) is 0 Å². The number of pyridine rings is 1. The Labute approximate surface area is 158 Å². The van der Waals surface area contributed by atoms with E-state index in [1.165, 1.54) is 4.52 Å². The summed E-state index contributed by atoms with van der Waals surface area (Å²) in [7, 11) is 0. The minimum atomic E-state index is 0.212. The Bertz CT molecular complexity index is 977. The van der Waals surface area contributed by atoms with Crippen molar-refractivity contribution in [1.82, 2.24) is 19.6 Å². The molecule has 3 aromatic rings. The van der Waals surface area contributed by atoms with Crippen molar-refractivity contribution in [3.05, 3.63) is 45.9 Å². The highest BCUT2D eigenvalue weighted by Crippen LogP contribution is 2.27. The van der Waals surface area contributed by atoms with Crippen LogP contribution < -0.4 is 11.1 Å². The second kappa shape index (κ2) is 7.25. The fourth-order valence-corrected chi connectivity index (χ4v) is 2.91. The maximum atomic E-state index is 9.42. The Kier molecular flexibility index (Phi) is 5.06. The van der Waals surface area contributed by atoms with Crippen molar-refractivity contribution in [2.75, 3.05) is 17.6 Å². The van der Waals surface area contributed by atoms with Gasteiger partial charge >= 0.3 is 0 Å². The summed E-state index contributed by atoms with van der Waals surface area (Å²) in [6.07, 6.45) is 0.685. The van der Waals surface area contributed by atoms with Crippen LogP contribution in [-0.4, -0.2) is 26.1 Å². The predicted molar refractivity (Wildman–Crippen MR) is 101 cm³/mol. The molecule has 0 spiro atoms. The third-order valence-corrected chi connectivity index (χ3v) is 4.71. The van der Waals surface area contributed by atoms with E-state index in [1.54, 1.807) is 6.92 Å². The lowest BCUT2D eigenvalue weighted by Crippen LogP contribution is -2.13. The third-order valence-electron chi connectivity index (χ3n) is 3.69. The van der Waals surface area contributed by atoms with Gasteiger partial charge in [-0.1, -0.05) is 33.6 Å². The monoisotopic (exact) mass is 419 g/mol. The van der Waals surface area contributed by atoms with Crippen LogP contribution in [0.4, 0.5) is 11.6 Å². The number of nitrogens with zero attached hydrogens (tertiary/aromatic N) is 5. The second-order valence-electron chi connectivity index (χ2n) is 5.40. The van der Waals surface area contributed by atoms with E-state index in [0.29, 0.717) is 40.5 Å². The zero-order chi connectivity index (χ0) is 18.0. The summed E-state index contributed by atoms with van der Waals surface area (Å²) in [6, 6.07) is 7.96.